The van der Waals surface area contributed by atoms with Gasteiger partial charge < -0.3 is 0 Å². The molecule has 0 aromatic heterocycles. The molecule has 0 unspecified atom stereocenters. The van der Waals surface area contributed by atoms with E-state index < -0.39 is 0 Å². The van der Waals surface area contributed by atoms with Crippen molar-refractivity contribution in [2.24, 2.45) is 0 Å². The lowest BCUT2D eigenvalue weighted by atomic mass is 10.2. The van der Waals surface area contributed by atoms with Crippen LogP contribution in [0.15, 0.2) is 0 Å². The Morgan fingerprint density at radius 1 is 1.06 bits per heavy atom. The molecule has 92 valence electrons. The van der Waals surface area contributed by atoms with Crippen LogP contribution in [0.1, 0.15) is 58.8 Å². The van der Waals surface area contributed by atoms with Gasteiger partial charge in [-0.2, -0.15) is 4.89 Å². The van der Waals surface area contributed by atoms with Gasteiger partial charge in [-0.05, 0) is 12.8 Å². The number of rotatable bonds is 8. The van der Waals surface area contributed by atoms with E-state index in [9.17, 15) is 4.79 Å². The lowest BCUT2D eigenvalue weighted by Crippen LogP contribution is -2.05. The van der Waals surface area contributed by atoms with Crippen LogP contribution in [0.5, 0.6) is 0 Å². The van der Waals surface area contributed by atoms with Crippen LogP contribution in [0.4, 0.5) is 0 Å². The van der Waals surface area contributed by atoms with Crippen molar-refractivity contribution in [2.45, 2.75) is 58.8 Å². The summed E-state index contributed by atoms with van der Waals surface area (Å²) in [7, 11) is 0. The average molecular weight is 226 g/mol. The Balaban J connectivity index is 3.22. The van der Waals surface area contributed by atoms with Crippen LogP contribution < -0.4 is 0 Å². The first kappa shape index (κ1) is 15.0. The van der Waals surface area contributed by atoms with Crippen molar-refractivity contribution in [1.29, 1.82) is 0 Å². The lowest BCUT2D eigenvalue weighted by molar-refractivity contribution is -0.271. The quantitative estimate of drug-likeness (QED) is 0.276. The number of hydrogen-bond acceptors (Lipinski definition) is 3. The van der Waals surface area contributed by atoms with Gasteiger partial charge in [0.2, 0.25) is 0 Å². The largest absolute Gasteiger partial charge is 0.342 e. The van der Waals surface area contributed by atoms with Gasteiger partial charge in [0.15, 0.2) is 0 Å². The minimum atomic E-state index is -0.307. The fraction of sp³-hybridized carbons (Fsp3) is 0.769. The number of carbonyl (C=O) groups excluding carboxylic acids is 1. The summed E-state index contributed by atoms with van der Waals surface area (Å²) in [5.74, 6) is 5.74. The fourth-order valence-electron chi connectivity index (χ4n) is 1.09. The van der Waals surface area contributed by atoms with Crippen LogP contribution in [0.2, 0.25) is 0 Å². The summed E-state index contributed by atoms with van der Waals surface area (Å²) in [4.78, 5) is 20.1. The van der Waals surface area contributed by atoms with E-state index in [0.717, 1.165) is 19.3 Å². The van der Waals surface area contributed by atoms with Gasteiger partial charge in [0.25, 0.3) is 0 Å². The molecule has 0 aliphatic rings. The van der Waals surface area contributed by atoms with Gasteiger partial charge in [0.05, 0.1) is 0 Å². The molecule has 0 aliphatic carbocycles. The van der Waals surface area contributed by atoms with Crippen LogP contribution in [-0.2, 0) is 14.6 Å². The molecule has 0 fully saturated rings. The van der Waals surface area contributed by atoms with E-state index >= 15 is 0 Å². The molecule has 0 spiro atoms. The fourth-order valence-corrected chi connectivity index (χ4v) is 1.09. The Morgan fingerprint density at radius 3 is 2.50 bits per heavy atom. The Hall–Kier alpha value is -1.01. The first-order chi connectivity index (χ1) is 7.81. The van der Waals surface area contributed by atoms with E-state index in [1.165, 1.54) is 12.8 Å². The second-order valence-electron chi connectivity index (χ2n) is 3.59. The summed E-state index contributed by atoms with van der Waals surface area (Å²) in [5, 5.41) is 0. The molecule has 3 nitrogen and oxygen atoms in total. The third-order valence-corrected chi connectivity index (χ3v) is 1.95. The summed E-state index contributed by atoms with van der Waals surface area (Å²) in [6, 6.07) is 0. The average Bonchev–Trinajstić information content (AvgIpc) is 2.27. The topological polar surface area (TPSA) is 35.5 Å². The first-order valence-corrected chi connectivity index (χ1v) is 6.09. The maximum atomic E-state index is 10.9. The molecule has 0 saturated carbocycles. The van der Waals surface area contributed by atoms with Gasteiger partial charge in [-0.25, -0.2) is 4.79 Å². The van der Waals surface area contributed by atoms with E-state index in [-0.39, 0.29) is 5.97 Å². The van der Waals surface area contributed by atoms with Gasteiger partial charge in [-0.3, -0.25) is 4.89 Å². The number of hydrogen-bond donors (Lipinski definition) is 0. The molecular weight excluding hydrogens is 204 g/mol. The van der Waals surface area contributed by atoms with Crippen LogP contribution in [-0.4, -0.2) is 12.6 Å². The molecule has 16 heavy (non-hydrogen) atoms. The highest BCUT2D eigenvalue weighted by molar-refractivity contribution is 5.68. The molecule has 0 heterocycles. The molecule has 0 saturated heterocycles. The van der Waals surface area contributed by atoms with Gasteiger partial charge in [-0.15, -0.1) is 11.8 Å². The minimum absolute atomic E-state index is 0.307. The maximum Gasteiger partial charge on any atom is 0.342 e. The van der Waals surface area contributed by atoms with Crippen molar-refractivity contribution in [3.8, 4) is 11.8 Å². The van der Waals surface area contributed by atoms with Gasteiger partial charge in [0.1, 0.15) is 6.61 Å². The van der Waals surface area contributed by atoms with Crippen LogP contribution in [0.3, 0.4) is 0 Å². The second-order valence-corrected chi connectivity index (χ2v) is 3.59. The Bertz CT molecular complexity index is 225. The molecule has 0 amide bonds. The van der Waals surface area contributed by atoms with E-state index in [2.05, 4.69) is 23.7 Å². The summed E-state index contributed by atoms with van der Waals surface area (Å²) in [6.45, 7) is 4.45. The van der Waals surface area contributed by atoms with Crippen LogP contribution in [0.25, 0.3) is 0 Å². The zero-order chi connectivity index (χ0) is 12.1. The van der Waals surface area contributed by atoms with E-state index in [1.807, 2.05) is 6.92 Å². The Labute approximate surface area is 98.4 Å². The highest BCUT2D eigenvalue weighted by Gasteiger charge is 2.00. The standard InChI is InChI=1S/C13H22O3/c1-3-5-6-7-8-9-10-12-15-16-13(14)11-4-2/h3-7,10-12H2,1-2H3. The number of unbranched alkanes of at least 4 members (excludes halogenated alkanes) is 3. The Morgan fingerprint density at radius 2 is 1.81 bits per heavy atom. The summed E-state index contributed by atoms with van der Waals surface area (Å²) in [6.07, 6.45) is 6.37. The third-order valence-electron chi connectivity index (χ3n) is 1.95. The van der Waals surface area contributed by atoms with Crippen molar-refractivity contribution in [3.05, 3.63) is 0 Å². The molecule has 0 atom stereocenters. The molecule has 0 N–H and O–H groups in total. The SMILES string of the molecule is CCCCCC#CCCOOC(=O)CCC. The summed E-state index contributed by atoms with van der Waals surface area (Å²) in [5.41, 5.74) is 0. The summed E-state index contributed by atoms with van der Waals surface area (Å²) < 4.78 is 0. The predicted molar refractivity (Wildman–Crippen MR) is 63.5 cm³/mol. The third kappa shape index (κ3) is 11.1. The van der Waals surface area contributed by atoms with E-state index in [0.29, 0.717) is 19.4 Å². The number of carbonyl (C=O) groups is 1. The van der Waals surface area contributed by atoms with Crippen molar-refractivity contribution >= 4 is 5.97 Å². The first-order valence-electron chi connectivity index (χ1n) is 6.09. The van der Waals surface area contributed by atoms with E-state index in [4.69, 9.17) is 4.89 Å². The predicted octanol–water partition coefficient (Wildman–Crippen LogP) is 3.24. The molecule has 0 radical (unpaired) electrons. The molecule has 0 bridgehead atoms. The second kappa shape index (κ2) is 12.1. The highest BCUT2D eigenvalue weighted by Crippen LogP contribution is 1.97. The zero-order valence-corrected chi connectivity index (χ0v) is 10.4. The van der Waals surface area contributed by atoms with Crippen molar-refractivity contribution < 1.29 is 14.6 Å². The highest BCUT2D eigenvalue weighted by atomic mass is 17.2. The van der Waals surface area contributed by atoms with Crippen LogP contribution >= 0.6 is 0 Å². The molecule has 0 aromatic rings. The normalized spacial score (nSPS) is 9.38. The molecule has 0 aliphatic heterocycles. The van der Waals surface area contributed by atoms with Gasteiger partial charge in [-0.1, -0.05) is 26.7 Å². The van der Waals surface area contributed by atoms with Crippen molar-refractivity contribution in [1.82, 2.24) is 0 Å². The molecule has 0 aromatic carbocycles. The van der Waals surface area contributed by atoms with E-state index in [1.54, 1.807) is 0 Å². The smallest absolute Gasteiger partial charge is 0.298 e. The van der Waals surface area contributed by atoms with Crippen LogP contribution in [0, 0.1) is 11.8 Å². The summed E-state index contributed by atoms with van der Waals surface area (Å²) >= 11 is 0. The van der Waals surface area contributed by atoms with Crippen molar-refractivity contribution in [2.75, 3.05) is 6.61 Å². The molecule has 3 heteroatoms. The molecule has 0 rings (SSSR count). The molecular formula is C13H22O3. The maximum absolute atomic E-state index is 10.9. The Kier molecular flexibility index (Phi) is 11.3. The monoisotopic (exact) mass is 226 g/mol. The van der Waals surface area contributed by atoms with Gasteiger partial charge in [0, 0.05) is 19.3 Å². The lowest BCUT2D eigenvalue weighted by Gasteiger charge is -1.99. The zero-order valence-electron chi connectivity index (χ0n) is 10.4. The van der Waals surface area contributed by atoms with Gasteiger partial charge >= 0.3 is 5.97 Å². The van der Waals surface area contributed by atoms with Crippen molar-refractivity contribution in [3.63, 3.8) is 0 Å². The minimum Gasteiger partial charge on any atom is -0.298 e.